The number of ether oxygens (including phenoxy) is 1. The van der Waals surface area contributed by atoms with E-state index in [0.29, 0.717) is 24.2 Å². The standard InChI is InChI=1S/C14H16BrNO3/c1-14(2,3)19-13(18)16-7-6-12(17)10-8-9(15)4-5-11(10)16/h4-5,8H,6-7H2,1-3H3. The molecule has 0 atom stereocenters. The van der Waals surface area contributed by atoms with Crippen molar-refractivity contribution < 1.29 is 14.3 Å². The molecule has 19 heavy (non-hydrogen) atoms. The van der Waals surface area contributed by atoms with E-state index in [4.69, 9.17) is 4.74 Å². The van der Waals surface area contributed by atoms with Crippen LogP contribution in [0.15, 0.2) is 22.7 Å². The Morgan fingerprint density at radius 1 is 1.37 bits per heavy atom. The molecule has 1 aromatic rings. The number of ketones is 1. The lowest BCUT2D eigenvalue weighted by Gasteiger charge is -2.31. The van der Waals surface area contributed by atoms with E-state index in [9.17, 15) is 9.59 Å². The van der Waals surface area contributed by atoms with Crippen molar-refractivity contribution in [2.75, 3.05) is 11.4 Å². The van der Waals surface area contributed by atoms with Crippen LogP contribution < -0.4 is 4.90 Å². The summed E-state index contributed by atoms with van der Waals surface area (Å²) in [5.74, 6) is 0.0520. The smallest absolute Gasteiger partial charge is 0.414 e. The van der Waals surface area contributed by atoms with Crippen LogP contribution in [0.1, 0.15) is 37.6 Å². The minimum absolute atomic E-state index is 0.0520. The first-order chi connectivity index (χ1) is 8.78. The van der Waals surface area contributed by atoms with Gasteiger partial charge in [-0.25, -0.2) is 4.79 Å². The van der Waals surface area contributed by atoms with Crippen LogP contribution in [0.2, 0.25) is 0 Å². The SMILES string of the molecule is CC(C)(C)OC(=O)N1CCC(=O)c2cc(Br)ccc21. The van der Waals surface area contributed by atoms with E-state index in [1.165, 1.54) is 4.90 Å². The molecule has 0 unspecified atom stereocenters. The fourth-order valence-corrected chi connectivity index (χ4v) is 2.30. The average Bonchev–Trinajstić information content (AvgIpc) is 2.27. The Balaban J connectivity index is 2.33. The maximum atomic E-state index is 12.1. The summed E-state index contributed by atoms with van der Waals surface area (Å²) < 4.78 is 6.19. The monoisotopic (exact) mass is 325 g/mol. The number of Topliss-reactive ketones (excluding diaryl/α,β-unsaturated/α-hetero) is 1. The van der Waals surface area contributed by atoms with Crippen LogP contribution in [0.5, 0.6) is 0 Å². The van der Waals surface area contributed by atoms with E-state index in [1.807, 2.05) is 26.8 Å². The zero-order chi connectivity index (χ0) is 14.2. The molecule has 1 aliphatic rings. The fraction of sp³-hybridized carbons (Fsp3) is 0.429. The van der Waals surface area contributed by atoms with Gasteiger partial charge in [0, 0.05) is 23.0 Å². The van der Waals surface area contributed by atoms with Crippen LogP contribution in [0.3, 0.4) is 0 Å². The van der Waals surface area contributed by atoms with Crippen molar-refractivity contribution in [3.63, 3.8) is 0 Å². The first-order valence-corrected chi connectivity index (χ1v) is 6.90. The molecule has 0 aliphatic carbocycles. The lowest BCUT2D eigenvalue weighted by atomic mass is 10.0. The second-order valence-corrected chi connectivity index (χ2v) is 6.38. The van der Waals surface area contributed by atoms with Gasteiger partial charge >= 0.3 is 6.09 Å². The van der Waals surface area contributed by atoms with Crippen molar-refractivity contribution in [1.82, 2.24) is 0 Å². The van der Waals surface area contributed by atoms with Crippen LogP contribution in [-0.2, 0) is 4.74 Å². The highest BCUT2D eigenvalue weighted by Crippen LogP contribution is 2.30. The minimum atomic E-state index is -0.548. The summed E-state index contributed by atoms with van der Waals surface area (Å²) in [6.07, 6.45) is -0.0912. The predicted molar refractivity (Wildman–Crippen MR) is 76.7 cm³/mol. The molecule has 0 spiro atoms. The molecule has 0 radical (unpaired) electrons. The number of carbonyl (C=O) groups is 2. The number of hydrogen-bond acceptors (Lipinski definition) is 3. The molecule has 0 bridgehead atoms. The number of rotatable bonds is 0. The summed E-state index contributed by atoms with van der Waals surface area (Å²) in [5, 5.41) is 0. The largest absolute Gasteiger partial charge is 0.443 e. The Morgan fingerprint density at radius 3 is 2.68 bits per heavy atom. The molecular weight excluding hydrogens is 310 g/mol. The number of hydrogen-bond donors (Lipinski definition) is 0. The number of benzene rings is 1. The first kappa shape index (κ1) is 14.1. The third-order valence-corrected chi connectivity index (χ3v) is 3.22. The minimum Gasteiger partial charge on any atom is -0.443 e. The van der Waals surface area contributed by atoms with Crippen LogP contribution in [0.4, 0.5) is 10.5 Å². The van der Waals surface area contributed by atoms with Crippen LogP contribution in [0.25, 0.3) is 0 Å². The van der Waals surface area contributed by atoms with E-state index < -0.39 is 11.7 Å². The van der Waals surface area contributed by atoms with Gasteiger partial charge in [-0.15, -0.1) is 0 Å². The average molecular weight is 326 g/mol. The maximum Gasteiger partial charge on any atom is 0.414 e. The summed E-state index contributed by atoms with van der Waals surface area (Å²) in [5.41, 5.74) is 0.633. The van der Waals surface area contributed by atoms with Gasteiger partial charge < -0.3 is 4.74 Å². The van der Waals surface area contributed by atoms with Gasteiger partial charge in [0.15, 0.2) is 5.78 Å². The van der Waals surface area contributed by atoms with E-state index >= 15 is 0 Å². The van der Waals surface area contributed by atoms with Gasteiger partial charge in [0.2, 0.25) is 0 Å². The quantitative estimate of drug-likeness (QED) is 0.729. The van der Waals surface area contributed by atoms with Crippen LogP contribution >= 0.6 is 15.9 Å². The molecular formula is C14H16BrNO3. The van der Waals surface area contributed by atoms with Crippen molar-refractivity contribution in [2.45, 2.75) is 32.8 Å². The molecule has 0 saturated carbocycles. The lowest BCUT2D eigenvalue weighted by molar-refractivity contribution is 0.0577. The van der Waals surface area contributed by atoms with Gasteiger partial charge in [-0.2, -0.15) is 0 Å². The van der Waals surface area contributed by atoms with Crippen molar-refractivity contribution in [2.24, 2.45) is 0 Å². The number of fused-ring (bicyclic) bond motifs is 1. The summed E-state index contributed by atoms with van der Waals surface area (Å²) >= 11 is 3.34. The van der Waals surface area contributed by atoms with Crippen molar-refractivity contribution in [3.8, 4) is 0 Å². The molecule has 0 N–H and O–H groups in total. The normalized spacial score (nSPS) is 15.2. The van der Waals surface area contributed by atoms with E-state index in [2.05, 4.69) is 15.9 Å². The molecule has 2 rings (SSSR count). The van der Waals surface area contributed by atoms with Gasteiger partial charge in [-0.1, -0.05) is 15.9 Å². The van der Waals surface area contributed by atoms with Gasteiger partial charge in [-0.05, 0) is 39.0 Å². The van der Waals surface area contributed by atoms with Crippen molar-refractivity contribution in [3.05, 3.63) is 28.2 Å². The topological polar surface area (TPSA) is 46.6 Å². The number of halogens is 1. The molecule has 0 aromatic heterocycles. The van der Waals surface area contributed by atoms with Gasteiger partial charge in [0.1, 0.15) is 5.60 Å². The number of nitrogens with zero attached hydrogens (tertiary/aromatic N) is 1. The molecule has 1 aromatic carbocycles. The number of carbonyl (C=O) groups excluding carboxylic acids is 2. The molecule has 0 fully saturated rings. The van der Waals surface area contributed by atoms with E-state index in [-0.39, 0.29) is 5.78 Å². The third kappa shape index (κ3) is 3.15. The van der Waals surface area contributed by atoms with E-state index in [1.54, 1.807) is 12.1 Å². The van der Waals surface area contributed by atoms with Gasteiger partial charge in [0.05, 0.1) is 5.69 Å². The maximum absolute atomic E-state index is 12.1. The molecule has 5 heteroatoms. The Labute approximate surface area is 120 Å². The Morgan fingerprint density at radius 2 is 2.05 bits per heavy atom. The second-order valence-electron chi connectivity index (χ2n) is 5.47. The Kier molecular flexibility index (Phi) is 3.67. The van der Waals surface area contributed by atoms with Gasteiger partial charge in [-0.3, -0.25) is 9.69 Å². The Hall–Kier alpha value is -1.36. The highest BCUT2D eigenvalue weighted by atomic mass is 79.9. The molecule has 4 nitrogen and oxygen atoms in total. The summed E-state index contributed by atoms with van der Waals surface area (Å²) in [7, 11) is 0. The zero-order valence-electron chi connectivity index (χ0n) is 11.2. The molecule has 1 amide bonds. The van der Waals surface area contributed by atoms with Crippen molar-refractivity contribution >= 4 is 33.5 Å². The fourth-order valence-electron chi connectivity index (χ4n) is 1.94. The Bertz CT molecular complexity index is 534. The van der Waals surface area contributed by atoms with Gasteiger partial charge in [0.25, 0.3) is 0 Å². The molecule has 1 aliphatic heterocycles. The summed E-state index contributed by atoms with van der Waals surface area (Å²) in [6, 6.07) is 5.32. The zero-order valence-corrected chi connectivity index (χ0v) is 12.8. The highest BCUT2D eigenvalue weighted by Gasteiger charge is 2.30. The lowest BCUT2D eigenvalue weighted by Crippen LogP contribution is -2.41. The van der Waals surface area contributed by atoms with E-state index in [0.717, 1.165) is 4.47 Å². The summed E-state index contributed by atoms with van der Waals surface area (Å²) in [6.45, 7) is 5.83. The van der Waals surface area contributed by atoms with Crippen LogP contribution in [-0.4, -0.2) is 24.0 Å². The highest BCUT2D eigenvalue weighted by molar-refractivity contribution is 9.10. The first-order valence-electron chi connectivity index (χ1n) is 6.11. The number of amides is 1. The second kappa shape index (κ2) is 4.96. The summed E-state index contributed by atoms with van der Waals surface area (Å²) in [4.78, 5) is 25.6. The van der Waals surface area contributed by atoms with Crippen molar-refractivity contribution in [1.29, 1.82) is 0 Å². The third-order valence-electron chi connectivity index (χ3n) is 2.73. The van der Waals surface area contributed by atoms with Crippen LogP contribution in [0, 0.1) is 0 Å². The molecule has 102 valence electrons. The molecule has 0 saturated heterocycles. The molecule has 1 heterocycles. The number of anilines is 1. The predicted octanol–water partition coefficient (Wildman–Crippen LogP) is 3.78.